The van der Waals surface area contributed by atoms with E-state index in [1.165, 1.54) is 0 Å². The summed E-state index contributed by atoms with van der Waals surface area (Å²) in [7, 11) is 0. The molecule has 1 unspecified atom stereocenters. The molecule has 18 heavy (non-hydrogen) atoms. The summed E-state index contributed by atoms with van der Waals surface area (Å²) in [6.45, 7) is 17.0. The smallest absolute Gasteiger partial charge is 0.0730 e. The zero-order chi connectivity index (χ0) is 14.0. The van der Waals surface area contributed by atoms with Crippen LogP contribution >= 0.6 is 0 Å². The fraction of sp³-hybridized carbons (Fsp3) is 0.929. The lowest BCUT2D eigenvalue weighted by molar-refractivity contribution is -0.0116. The Morgan fingerprint density at radius 2 is 1.78 bits per heavy atom. The largest absolute Gasteiger partial charge is 0.302 e. The summed E-state index contributed by atoms with van der Waals surface area (Å²) in [6, 6.07) is 0.0860. The molecule has 0 heterocycles. The quantitative estimate of drug-likeness (QED) is 0.467. The maximum Gasteiger partial charge on any atom is 0.0730 e. The molecule has 1 radical (unpaired) electrons. The molecule has 0 amide bonds. The van der Waals surface area contributed by atoms with Crippen molar-refractivity contribution in [3.05, 3.63) is 6.92 Å². The van der Waals surface area contributed by atoms with Crippen molar-refractivity contribution in [3.63, 3.8) is 0 Å². The lowest BCUT2D eigenvalue weighted by atomic mass is 9.99. The molecule has 4 nitrogen and oxygen atoms in total. The summed E-state index contributed by atoms with van der Waals surface area (Å²) >= 11 is 0. The van der Waals surface area contributed by atoms with Crippen LogP contribution in [0.3, 0.4) is 0 Å². The minimum absolute atomic E-state index is 0.0860. The molecule has 4 heteroatoms. The average molecular weight is 259 g/mol. The Bertz CT molecular complexity index is 191. The van der Waals surface area contributed by atoms with Gasteiger partial charge in [0.1, 0.15) is 0 Å². The minimum Gasteiger partial charge on any atom is -0.302 e. The van der Waals surface area contributed by atoms with Crippen molar-refractivity contribution in [1.29, 1.82) is 0 Å². The van der Waals surface area contributed by atoms with Gasteiger partial charge in [0, 0.05) is 12.6 Å². The van der Waals surface area contributed by atoms with Gasteiger partial charge in [0.05, 0.1) is 13.2 Å². The van der Waals surface area contributed by atoms with Gasteiger partial charge in [0.15, 0.2) is 0 Å². The molecule has 0 saturated heterocycles. The summed E-state index contributed by atoms with van der Waals surface area (Å²) in [6.07, 6.45) is 1.93. The van der Waals surface area contributed by atoms with Crippen molar-refractivity contribution >= 4 is 0 Å². The highest BCUT2D eigenvalue weighted by atomic mass is 16.6. The highest BCUT2D eigenvalue weighted by Crippen LogP contribution is 2.11. The summed E-state index contributed by atoms with van der Waals surface area (Å²) in [5, 5.41) is 0. The topological polar surface area (TPSA) is 42.5 Å². The SMILES string of the molecule is [CH2]C(CCNOCC(C)(C)C)NOCCC(C)C. The van der Waals surface area contributed by atoms with Crippen LogP contribution in [0.1, 0.15) is 47.5 Å². The zero-order valence-electron chi connectivity index (χ0n) is 12.7. The van der Waals surface area contributed by atoms with E-state index in [9.17, 15) is 0 Å². The van der Waals surface area contributed by atoms with E-state index in [0.717, 1.165) is 26.0 Å². The van der Waals surface area contributed by atoms with Crippen LogP contribution in [0.4, 0.5) is 0 Å². The van der Waals surface area contributed by atoms with Crippen LogP contribution in [0.15, 0.2) is 0 Å². The summed E-state index contributed by atoms with van der Waals surface area (Å²) in [5.74, 6) is 0.669. The summed E-state index contributed by atoms with van der Waals surface area (Å²) < 4.78 is 0. The van der Waals surface area contributed by atoms with Crippen molar-refractivity contribution in [2.24, 2.45) is 11.3 Å². The predicted octanol–water partition coefficient (Wildman–Crippen LogP) is 2.71. The molecule has 0 aliphatic rings. The maximum atomic E-state index is 5.36. The molecule has 0 aromatic carbocycles. The van der Waals surface area contributed by atoms with Gasteiger partial charge in [-0.05, 0) is 31.1 Å². The molecule has 0 fully saturated rings. The third-order valence-corrected chi connectivity index (χ3v) is 2.25. The highest BCUT2D eigenvalue weighted by molar-refractivity contribution is 4.64. The van der Waals surface area contributed by atoms with E-state index in [4.69, 9.17) is 9.68 Å². The maximum absolute atomic E-state index is 5.36. The van der Waals surface area contributed by atoms with Crippen LogP contribution in [0, 0.1) is 18.3 Å². The van der Waals surface area contributed by atoms with Crippen LogP contribution in [0.5, 0.6) is 0 Å². The lowest BCUT2D eigenvalue weighted by Crippen LogP contribution is -2.32. The highest BCUT2D eigenvalue weighted by Gasteiger charge is 2.10. The first-order valence-electron chi connectivity index (χ1n) is 6.86. The van der Waals surface area contributed by atoms with Gasteiger partial charge in [-0.15, -0.1) is 0 Å². The van der Waals surface area contributed by atoms with Crippen molar-refractivity contribution in [2.75, 3.05) is 19.8 Å². The molecule has 109 valence electrons. The number of rotatable bonds is 10. The first-order valence-corrected chi connectivity index (χ1v) is 6.86. The molecule has 0 aromatic rings. The van der Waals surface area contributed by atoms with Crippen molar-refractivity contribution in [2.45, 2.75) is 53.5 Å². The number of nitrogens with one attached hydrogen (secondary N) is 2. The van der Waals surface area contributed by atoms with E-state index >= 15 is 0 Å². The van der Waals surface area contributed by atoms with E-state index in [-0.39, 0.29) is 11.5 Å². The van der Waals surface area contributed by atoms with Crippen molar-refractivity contribution < 1.29 is 9.68 Å². The Morgan fingerprint density at radius 3 is 2.33 bits per heavy atom. The predicted molar refractivity (Wildman–Crippen MR) is 75.7 cm³/mol. The molecular formula is C14H31N2O2. The van der Waals surface area contributed by atoms with Crippen LogP contribution in [-0.4, -0.2) is 25.8 Å². The number of hydroxylamine groups is 2. The molecule has 0 spiro atoms. The monoisotopic (exact) mass is 259 g/mol. The third-order valence-electron chi connectivity index (χ3n) is 2.25. The van der Waals surface area contributed by atoms with Crippen LogP contribution in [0.2, 0.25) is 0 Å². The standard InChI is InChI=1S/C14H31N2O2/c1-12(2)8-10-17-16-13(3)7-9-15-18-11-14(4,5)6/h12-13,15-16H,3,7-11H2,1-2,4-6H3. The minimum atomic E-state index is 0.0860. The van der Waals surface area contributed by atoms with E-state index in [1.54, 1.807) is 0 Å². The first-order chi connectivity index (χ1) is 8.31. The van der Waals surface area contributed by atoms with Gasteiger partial charge in [-0.3, -0.25) is 0 Å². The fourth-order valence-electron chi connectivity index (χ4n) is 1.10. The average Bonchev–Trinajstić information content (AvgIpc) is 2.22. The second-order valence-electron chi connectivity index (χ2n) is 6.38. The van der Waals surface area contributed by atoms with E-state index in [2.05, 4.69) is 52.5 Å². The van der Waals surface area contributed by atoms with Crippen LogP contribution < -0.4 is 11.0 Å². The Balaban J connectivity index is 3.29. The number of hydrogen-bond acceptors (Lipinski definition) is 4. The molecule has 0 bridgehead atoms. The normalized spacial score (nSPS) is 14.2. The summed E-state index contributed by atoms with van der Waals surface area (Å²) in [5.41, 5.74) is 6.07. The van der Waals surface area contributed by atoms with Crippen LogP contribution in [0.25, 0.3) is 0 Å². The Morgan fingerprint density at radius 1 is 1.11 bits per heavy atom. The van der Waals surface area contributed by atoms with E-state index < -0.39 is 0 Å². The zero-order valence-corrected chi connectivity index (χ0v) is 12.7. The van der Waals surface area contributed by atoms with E-state index in [0.29, 0.717) is 12.5 Å². The Kier molecular flexibility index (Phi) is 9.64. The third kappa shape index (κ3) is 13.9. The van der Waals surface area contributed by atoms with Gasteiger partial charge in [0.2, 0.25) is 0 Å². The molecule has 2 N–H and O–H groups in total. The van der Waals surface area contributed by atoms with Crippen molar-refractivity contribution in [3.8, 4) is 0 Å². The number of hydrogen-bond donors (Lipinski definition) is 2. The van der Waals surface area contributed by atoms with Crippen molar-refractivity contribution in [1.82, 2.24) is 11.0 Å². The Labute approximate surface area is 113 Å². The molecule has 0 aromatic heterocycles. The van der Waals surface area contributed by atoms with Gasteiger partial charge in [-0.1, -0.05) is 34.6 Å². The molecule has 0 aliphatic heterocycles. The molecule has 0 aliphatic carbocycles. The van der Waals surface area contributed by atoms with Gasteiger partial charge in [-0.2, -0.15) is 5.48 Å². The molecular weight excluding hydrogens is 228 g/mol. The summed E-state index contributed by atoms with van der Waals surface area (Å²) in [4.78, 5) is 10.7. The van der Waals surface area contributed by atoms with Gasteiger partial charge < -0.3 is 9.68 Å². The lowest BCUT2D eigenvalue weighted by Gasteiger charge is -2.19. The Hall–Kier alpha value is -0.160. The molecule has 0 saturated carbocycles. The second-order valence-corrected chi connectivity index (χ2v) is 6.38. The van der Waals surface area contributed by atoms with Gasteiger partial charge in [0.25, 0.3) is 0 Å². The molecule has 0 rings (SSSR count). The molecule has 1 atom stereocenters. The van der Waals surface area contributed by atoms with E-state index in [1.807, 2.05) is 0 Å². The van der Waals surface area contributed by atoms with Gasteiger partial charge >= 0.3 is 0 Å². The van der Waals surface area contributed by atoms with Crippen LogP contribution in [-0.2, 0) is 9.68 Å². The fourth-order valence-corrected chi connectivity index (χ4v) is 1.10. The van der Waals surface area contributed by atoms with Gasteiger partial charge in [-0.25, -0.2) is 5.48 Å². The second kappa shape index (κ2) is 9.73. The first kappa shape index (κ1) is 17.8.